The Hall–Kier alpha value is -1.65. The molecule has 0 saturated heterocycles. The van der Waals surface area contributed by atoms with Gasteiger partial charge in [0.05, 0.1) is 6.20 Å². The molecule has 9 nitrogen and oxygen atoms in total. The summed E-state index contributed by atoms with van der Waals surface area (Å²) in [5.41, 5.74) is 9.77. The average Bonchev–Trinajstić information content (AvgIpc) is 2.07. The summed E-state index contributed by atoms with van der Waals surface area (Å²) in [5, 5.41) is 0. The minimum absolute atomic E-state index is 0.0169. The Morgan fingerprint density at radius 3 is 2.21 bits per heavy atom. The molecule has 0 aliphatic rings. The molecule has 80 valence electrons. The number of nitrogen functional groups attached to an aromatic ring is 3. The van der Waals surface area contributed by atoms with Crippen molar-refractivity contribution in [3.8, 4) is 0 Å². The Morgan fingerprint density at radius 2 is 1.86 bits per heavy atom. The Kier molecular flexibility index (Phi) is 4.55. The van der Waals surface area contributed by atoms with Crippen molar-refractivity contribution in [2.45, 2.75) is 0 Å². The second-order valence-corrected chi connectivity index (χ2v) is 2.44. The fraction of sp³-hybridized carbons (Fsp3) is 0. The van der Waals surface area contributed by atoms with Gasteiger partial charge >= 0.3 is 0 Å². The lowest BCUT2D eigenvalue weighted by molar-refractivity contribution is 0.454. The molecule has 0 aromatic carbocycles. The summed E-state index contributed by atoms with van der Waals surface area (Å²) in [4.78, 5) is 14.3. The second-order valence-electron chi connectivity index (χ2n) is 1.98. The smallest absolute Gasteiger partial charge is 0.299 e. The highest BCUT2D eigenvalue weighted by molar-refractivity contribution is 7.73. The molecule has 0 atom stereocenters. The molecule has 10 heteroatoms. The normalized spacial score (nSPS) is 9.36. The SMILES string of the molecule is Nc1cnc(N)n(N)c1=O.O=S(O)O. The summed E-state index contributed by atoms with van der Waals surface area (Å²) in [6, 6.07) is 0. The molecule has 0 aliphatic heterocycles. The first-order valence-corrected chi connectivity index (χ1v) is 4.10. The van der Waals surface area contributed by atoms with Crippen LogP contribution in [0, 0.1) is 0 Å². The molecule has 1 aromatic rings. The third-order valence-corrected chi connectivity index (χ3v) is 1.05. The van der Waals surface area contributed by atoms with Gasteiger partial charge in [-0.1, -0.05) is 0 Å². The van der Waals surface area contributed by atoms with Crippen LogP contribution in [0.3, 0.4) is 0 Å². The van der Waals surface area contributed by atoms with E-state index in [9.17, 15) is 4.79 Å². The number of hydrogen-bond acceptors (Lipinski definition) is 6. The first kappa shape index (κ1) is 12.3. The minimum atomic E-state index is -2.61. The lowest BCUT2D eigenvalue weighted by atomic mass is 10.5. The zero-order valence-electron chi connectivity index (χ0n) is 6.82. The number of nitrogens with zero attached hydrogens (tertiary/aromatic N) is 2. The summed E-state index contributed by atoms with van der Waals surface area (Å²) in [7, 11) is 0. The van der Waals surface area contributed by atoms with Crippen molar-refractivity contribution in [2.75, 3.05) is 17.3 Å². The Balaban J connectivity index is 0.000000364. The lowest BCUT2D eigenvalue weighted by Gasteiger charge is -2.00. The molecule has 14 heavy (non-hydrogen) atoms. The maximum atomic E-state index is 10.8. The van der Waals surface area contributed by atoms with Crippen LogP contribution in [0.1, 0.15) is 0 Å². The monoisotopic (exact) mass is 223 g/mol. The van der Waals surface area contributed by atoms with E-state index in [4.69, 9.17) is 30.6 Å². The zero-order chi connectivity index (χ0) is 11.3. The van der Waals surface area contributed by atoms with Crippen LogP contribution in [0.5, 0.6) is 0 Å². The molecular formula is C4H9N5O4S. The zero-order valence-corrected chi connectivity index (χ0v) is 7.64. The van der Waals surface area contributed by atoms with Gasteiger partial charge in [-0.25, -0.2) is 4.98 Å². The van der Waals surface area contributed by atoms with Gasteiger partial charge in [-0.15, -0.1) is 0 Å². The van der Waals surface area contributed by atoms with Gasteiger partial charge in [-0.05, 0) is 0 Å². The number of anilines is 2. The highest BCUT2D eigenvalue weighted by atomic mass is 32.2. The molecule has 0 radical (unpaired) electrons. The Labute approximate surface area is 80.6 Å². The van der Waals surface area contributed by atoms with Gasteiger partial charge in [0.25, 0.3) is 16.9 Å². The topological polar surface area (TPSA) is 170 Å². The van der Waals surface area contributed by atoms with E-state index in [1.165, 1.54) is 6.20 Å². The van der Waals surface area contributed by atoms with Gasteiger partial charge in [0.1, 0.15) is 5.69 Å². The fourth-order valence-corrected chi connectivity index (χ4v) is 0.496. The molecule has 0 aliphatic carbocycles. The average molecular weight is 223 g/mol. The summed E-state index contributed by atoms with van der Waals surface area (Å²) < 4.78 is 23.5. The van der Waals surface area contributed by atoms with Crippen molar-refractivity contribution in [3.05, 3.63) is 16.6 Å². The predicted octanol–water partition coefficient (Wildman–Crippen LogP) is -2.20. The standard InChI is InChI=1S/C4H7N5O.H2O3S/c5-2-1-8-4(6)9(7)3(2)10;1-4(2)3/h1H,5,7H2,(H2,6,8);(H2,1,2,3). The van der Waals surface area contributed by atoms with Gasteiger partial charge in [-0.3, -0.25) is 13.9 Å². The van der Waals surface area contributed by atoms with Crippen molar-refractivity contribution in [3.63, 3.8) is 0 Å². The molecule has 0 fully saturated rings. The van der Waals surface area contributed by atoms with Crippen LogP contribution in [0.4, 0.5) is 11.6 Å². The van der Waals surface area contributed by atoms with Gasteiger partial charge < -0.3 is 17.3 Å². The van der Waals surface area contributed by atoms with Crippen LogP contribution in [0.25, 0.3) is 0 Å². The summed E-state index contributed by atoms with van der Waals surface area (Å²) in [6.45, 7) is 0. The van der Waals surface area contributed by atoms with E-state index in [-0.39, 0.29) is 11.6 Å². The quantitative estimate of drug-likeness (QED) is 0.243. The Morgan fingerprint density at radius 1 is 1.43 bits per heavy atom. The summed E-state index contributed by atoms with van der Waals surface area (Å²) >= 11 is -2.61. The third kappa shape index (κ3) is 3.84. The van der Waals surface area contributed by atoms with Crippen LogP contribution in [-0.2, 0) is 11.4 Å². The lowest BCUT2D eigenvalue weighted by Crippen LogP contribution is -2.31. The maximum absolute atomic E-state index is 10.8. The van der Waals surface area contributed by atoms with E-state index in [1.54, 1.807) is 0 Å². The van der Waals surface area contributed by atoms with Gasteiger partial charge in [-0.2, -0.15) is 8.89 Å². The van der Waals surface area contributed by atoms with Crippen LogP contribution in [0.2, 0.25) is 0 Å². The van der Waals surface area contributed by atoms with E-state index in [1.807, 2.05) is 0 Å². The molecule has 0 spiro atoms. The molecule has 8 N–H and O–H groups in total. The highest BCUT2D eigenvalue weighted by Crippen LogP contribution is 1.90. The van der Waals surface area contributed by atoms with E-state index in [0.717, 1.165) is 0 Å². The first-order valence-electron chi connectivity index (χ1n) is 3.04. The van der Waals surface area contributed by atoms with Crippen molar-refractivity contribution in [1.29, 1.82) is 0 Å². The van der Waals surface area contributed by atoms with E-state index in [0.29, 0.717) is 4.68 Å². The van der Waals surface area contributed by atoms with Gasteiger partial charge in [0.15, 0.2) is 0 Å². The first-order chi connectivity index (χ1) is 6.36. The molecular weight excluding hydrogens is 214 g/mol. The summed E-state index contributed by atoms with van der Waals surface area (Å²) in [6.07, 6.45) is 1.17. The number of aromatic nitrogens is 2. The fourth-order valence-electron chi connectivity index (χ4n) is 0.496. The molecule has 0 amide bonds. The van der Waals surface area contributed by atoms with Crippen molar-refractivity contribution in [2.24, 2.45) is 0 Å². The van der Waals surface area contributed by atoms with Crippen molar-refractivity contribution < 1.29 is 13.3 Å². The Bertz CT molecular complexity index is 386. The third-order valence-electron chi connectivity index (χ3n) is 1.05. The van der Waals surface area contributed by atoms with Crippen LogP contribution < -0.4 is 22.9 Å². The molecule has 0 bridgehead atoms. The van der Waals surface area contributed by atoms with Gasteiger partial charge in [0.2, 0.25) is 5.95 Å². The highest BCUT2D eigenvalue weighted by Gasteiger charge is 1.99. The molecule has 1 heterocycles. The minimum Gasteiger partial charge on any atom is -0.393 e. The largest absolute Gasteiger partial charge is 0.393 e. The van der Waals surface area contributed by atoms with Crippen molar-refractivity contribution >= 4 is 23.0 Å². The number of hydrogen-bond donors (Lipinski definition) is 5. The van der Waals surface area contributed by atoms with E-state index < -0.39 is 16.9 Å². The van der Waals surface area contributed by atoms with Gasteiger partial charge in [0, 0.05) is 0 Å². The number of nitrogens with two attached hydrogens (primary N) is 3. The summed E-state index contributed by atoms with van der Waals surface area (Å²) in [5.74, 6) is 5.06. The molecule has 0 saturated carbocycles. The number of rotatable bonds is 0. The second kappa shape index (κ2) is 5.16. The molecule has 1 rings (SSSR count). The van der Waals surface area contributed by atoms with Crippen LogP contribution in [-0.4, -0.2) is 23.0 Å². The van der Waals surface area contributed by atoms with Crippen molar-refractivity contribution in [1.82, 2.24) is 9.66 Å². The molecule has 0 unspecified atom stereocenters. The maximum Gasteiger partial charge on any atom is 0.299 e. The molecule has 1 aromatic heterocycles. The van der Waals surface area contributed by atoms with E-state index >= 15 is 0 Å². The van der Waals surface area contributed by atoms with Crippen LogP contribution in [0.15, 0.2) is 11.0 Å². The van der Waals surface area contributed by atoms with Crippen LogP contribution >= 0.6 is 0 Å². The van der Waals surface area contributed by atoms with E-state index in [2.05, 4.69) is 4.98 Å². The predicted molar refractivity (Wildman–Crippen MR) is 50.9 cm³/mol.